The first-order valence-corrected chi connectivity index (χ1v) is 7.59. The van der Waals surface area contributed by atoms with E-state index in [0.29, 0.717) is 16.8 Å². The number of aromatic nitrogens is 1. The van der Waals surface area contributed by atoms with E-state index in [9.17, 15) is 4.79 Å². The van der Waals surface area contributed by atoms with E-state index in [1.807, 2.05) is 21.0 Å². The van der Waals surface area contributed by atoms with Gasteiger partial charge in [0.2, 0.25) is 0 Å². The van der Waals surface area contributed by atoms with Gasteiger partial charge in [-0.25, -0.2) is 4.98 Å². The Balaban J connectivity index is 2.88. The minimum absolute atomic E-state index is 0.0492. The van der Waals surface area contributed by atoms with Crippen LogP contribution in [0.5, 0.6) is 0 Å². The third-order valence-corrected chi connectivity index (χ3v) is 3.41. The molecule has 1 atom stereocenters. The molecule has 0 aliphatic carbocycles. The van der Waals surface area contributed by atoms with Gasteiger partial charge in [0, 0.05) is 19.1 Å². The van der Waals surface area contributed by atoms with Crippen molar-refractivity contribution in [1.29, 1.82) is 0 Å². The Morgan fingerprint density at radius 2 is 2.05 bits per heavy atom. The lowest BCUT2D eigenvalue weighted by molar-refractivity contribution is 0.0912. The lowest BCUT2D eigenvalue weighted by Gasteiger charge is -2.25. The molecule has 1 amide bonds. The number of carbonyl (C=O) groups is 1. The first kappa shape index (κ1) is 17.7. The van der Waals surface area contributed by atoms with Crippen molar-refractivity contribution in [2.75, 3.05) is 32.5 Å². The maximum Gasteiger partial charge on any atom is 0.271 e. The highest BCUT2D eigenvalue weighted by atomic mass is 35.5. The molecular weight excluding hydrogens is 288 g/mol. The van der Waals surface area contributed by atoms with Gasteiger partial charge in [-0.1, -0.05) is 25.4 Å². The van der Waals surface area contributed by atoms with Crippen LogP contribution < -0.4 is 10.6 Å². The molecule has 0 bridgehead atoms. The summed E-state index contributed by atoms with van der Waals surface area (Å²) in [6.07, 6.45) is 0. The summed E-state index contributed by atoms with van der Waals surface area (Å²) in [5.41, 5.74) is 0.263. The quantitative estimate of drug-likeness (QED) is 0.812. The van der Waals surface area contributed by atoms with E-state index < -0.39 is 0 Å². The van der Waals surface area contributed by atoms with Gasteiger partial charge in [0.15, 0.2) is 0 Å². The van der Waals surface area contributed by atoms with Crippen molar-refractivity contribution in [3.8, 4) is 0 Å². The molecule has 1 aromatic rings. The number of halogens is 1. The number of nitrogens with one attached hydrogen (secondary N) is 2. The van der Waals surface area contributed by atoms with Gasteiger partial charge in [-0.15, -0.1) is 0 Å². The van der Waals surface area contributed by atoms with E-state index in [0.717, 1.165) is 13.1 Å². The molecule has 5 nitrogen and oxygen atoms in total. The van der Waals surface area contributed by atoms with Crippen molar-refractivity contribution in [1.82, 2.24) is 15.2 Å². The summed E-state index contributed by atoms with van der Waals surface area (Å²) in [4.78, 5) is 18.7. The fourth-order valence-corrected chi connectivity index (χ4v) is 2.13. The summed E-state index contributed by atoms with van der Waals surface area (Å²) in [5.74, 6) is 0.744. The van der Waals surface area contributed by atoms with Crippen LogP contribution in [0, 0.1) is 5.92 Å². The van der Waals surface area contributed by atoms with Crippen LogP contribution in [0.15, 0.2) is 12.1 Å². The second-order valence-corrected chi connectivity index (χ2v) is 6.05. The van der Waals surface area contributed by atoms with Crippen LogP contribution in [-0.2, 0) is 0 Å². The van der Waals surface area contributed by atoms with Gasteiger partial charge < -0.3 is 15.5 Å². The summed E-state index contributed by atoms with van der Waals surface area (Å²) in [7, 11) is 3.97. The highest BCUT2D eigenvalue weighted by Gasteiger charge is 2.20. The summed E-state index contributed by atoms with van der Waals surface area (Å²) < 4.78 is 0. The van der Waals surface area contributed by atoms with Crippen molar-refractivity contribution >= 4 is 23.3 Å². The highest BCUT2D eigenvalue weighted by Crippen LogP contribution is 2.17. The summed E-state index contributed by atoms with van der Waals surface area (Å²) >= 11 is 6.10. The zero-order valence-electron chi connectivity index (χ0n) is 13.4. The molecule has 2 N–H and O–H groups in total. The number of carbonyl (C=O) groups excluding carboxylic acids is 1. The number of likely N-dealkylation sites (N-methyl/N-ethyl adjacent to an activating group) is 1. The lowest BCUT2D eigenvalue weighted by atomic mass is 10.0. The molecule has 0 radical (unpaired) electrons. The Labute approximate surface area is 132 Å². The van der Waals surface area contributed by atoms with Crippen molar-refractivity contribution in [3.05, 3.63) is 22.8 Å². The smallest absolute Gasteiger partial charge is 0.271 e. The van der Waals surface area contributed by atoms with Gasteiger partial charge in [-0.3, -0.25) is 4.79 Å². The van der Waals surface area contributed by atoms with E-state index in [1.54, 1.807) is 12.1 Å². The maximum atomic E-state index is 12.4. The third-order valence-electron chi connectivity index (χ3n) is 3.10. The Morgan fingerprint density at radius 3 is 2.57 bits per heavy atom. The molecule has 0 fully saturated rings. The lowest BCUT2D eigenvalue weighted by Crippen LogP contribution is -2.45. The van der Waals surface area contributed by atoms with Crippen LogP contribution in [0.2, 0.25) is 5.02 Å². The third kappa shape index (κ3) is 5.52. The minimum atomic E-state index is -0.236. The zero-order chi connectivity index (χ0) is 16.0. The van der Waals surface area contributed by atoms with Gasteiger partial charge in [-0.05, 0) is 39.1 Å². The Hall–Kier alpha value is -1.33. The number of rotatable bonds is 7. The predicted octanol–water partition coefficient (Wildman–Crippen LogP) is 2.48. The number of anilines is 1. The molecule has 0 aliphatic heterocycles. The predicted molar refractivity (Wildman–Crippen MR) is 88.1 cm³/mol. The number of nitrogens with zero attached hydrogens (tertiary/aromatic N) is 2. The summed E-state index contributed by atoms with van der Waals surface area (Å²) in [6.45, 7) is 7.65. The van der Waals surface area contributed by atoms with Crippen LogP contribution in [0.3, 0.4) is 0 Å². The van der Waals surface area contributed by atoms with E-state index >= 15 is 0 Å². The van der Waals surface area contributed by atoms with Crippen LogP contribution in [0.1, 0.15) is 31.3 Å². The average molecular weight is 313 g/mol. The average Bonchev–Trinajstić information content (AvgIpc) is 2.39. The fourth-order valence-electron chi connectivity index (χ4n) is 1.93. The van der Waals surface area contributed by atoms with Crippen LogP contribution in [0.25, 0.3) is 0 Å². The zero-order valence-corrected chi connectivity index (χ0v) is 14.2. The minimum Gasteiger partial charge on any atom is -0.370 e. The molecule has 1 aromatic heterocycles. The molecule has 0 aliphatic rings. The second-order valence-electron chi connectivity index (χ2n) is 5.64. The molecule has 1 unspecified atom stereocenters. The number of amides is 1. The number of hydrogen-bond acceptors (Lipinski definition) is 4. The largest absolute Gasteiger partial charge is 0.370 e. The molecule has 0 saturated carbocycles. The van der Waals surface area contributed by atoms with E-state index in [-0.39, 0.29) is 17.6 Å². The van der Waals surface area contributed by atoms with Crippen molar-refractivity contribution in [2.45, 2.75) is 26.8 Å². The van der Waals surface area contributed by atoms with Crippen LogP contribution in [0.4, 0.5) is 5.82 Å². The molecular formula is C15H25ClN4O. The number of hydrogen-bond donors (Lipinski definition) is 2. The Morgan fingerprint density at radius 1 is 1.38 bits per heavy atom. The SMILES string of the molecule is CCNc1ccc(Cl)c(C(=O)NC(CN(C)C)C(C)C)n1. The summed E-state index contributed by atoms with van der Waals surface area (Å²) in [5, 5.41) is 6.46. The molecule has 0 aromatic carbocycles. The van der Waals surface area contributed by atoms with Gasteiger partial charge >= 0.3 is 0 Å². The maximum absolute atomic E-state index is 12.4. The fraction of sp³-hybridized carbons (Fsp3) is 0.600. The van der Waals surface area contributed by atoms with Gasteiger partial charge in [-0.2, -0.15) is 0 Å². The standard InChI is InChI=1S/C15H25ClN4O/c1-6-17-13-8-7-11(16)14(19-13)15(21)18-12(10(2)3)9-20(4)5/h7-8,10,12H,6,9H2,1-5H3,(H,17,19)(H,18,21). The molecule has 0 spiro atoms. The van der Waals surface area contributed by atoms with Crippen molar-refractivity contribution < 1.29 is 4.79 Å². The van der Waals surface area contributed by atoms with E-state index in [1.165, 1.54) is 0 Å². The molecule has 1 heterocycles. The Kier molecular flexibility index (Phi) is 6.92. The van der Waals surface area contributed by atoms with Crippen LogP contribution in [-0.4, -0.2) is 49.0 Å². The first-order valence-electron chi connectivity index (χ1n) is 7.21. The topological polar surface area (TPSA) is 57.3 Å². The Bertz CT molecular complexity index is 477. The van der Waals surface area contributed by atoms with Gasteiger partial charge in [0.1, 0.15) is 11.5 Å². The molecule has 118 valence electrons. The normalized spacial score (nSPS) is 12.6. The molecule has 1 rings (SSSR count). The van der Waals surface area contributed by atoms with Gasteiger partial charge in [0.25, 0.3) is 5.91 Å². The molecule has 6 heteroatoms. The van der Waals surface area contributed by atoms with E-state index in [2.05, 4.69) is 34.4 Å². The highest BCUT2D eigenvalue weighted by molar-refractivity contribution is 6.33. The van der Waals surface area contributed by atoms with Gasteiger partial charge in [0.05, 0.1) is 5.02 Å². The van der Waals surface area contributed by atoms with Crippen molar-refractivity contribution in [2.24, 2.45) is 5.92 Å². The monoisotopic (exact) mass is 312 g/mol. The molecule has 0 saturated heterocycles. The second kappa shape index (κ2) is 8.20. The number of pyridine rings is 1. The molecule has 21 heavy (non-hydrogen) atoms. The summed E-state index contributed by atoms with van der Waals surface area (Å²) in [6, 6.07) is 3.51. The first-order chi connectivity index (χ1) is 9.85. The van der Waals surface area contributed by atoms with Crippen molar-refractivity contribution in [3.63, 3.8) is 0 Å². The van der Waals surface area contributed by atoms with E-state index in [4.69, 9.17) is 11.6 Å². The van der Waals surface area contributed by atoms with Crippen LogP contribution >= 0.6 is 11.6 Å².